The summed E-state index contributed by atoms with van der Waals surface area (Å²) >= 11 is 0. The molecule has 0 aliphatic carbocycles. The Balaban J connectivity index is 1.76. The molecule has 0 N–H and O–H groups in total. The average Bonchev–Trinajstić information content (AvgIpc) is 3.00. The molecule has 2 heteroatoms. The van der Waals surface area contributed by atoms with Gasteiger partial charge in [-0.3, -0.25) is 0 Å². The highest BCUT2D eigenvalue weighted by Crippen LogP contribution is 2.24. The summed E-state index contributed by atoms with van der Waals surface area (Å²) in [5.74, 6) is 1.17. The van der Waals surface area contributed by atoms with Gasteiger partial charge in [0.2, 0.25) is 0 Å². The van der Waals surface area contributed by atoms with E-state index in [1.54, 1.807) is 0 Å². The molecule has 0 unspecified atom stereocenters. The Morgan fingerprint density at radius 1 is 0.840 bits per heavy atom. The van der Waals surface area contributed by atoms with Crippen LogP contribution in [0.15, 0.2) is 66.7 Å². The van der Waals surface area contributed by atoms with Gasteiger partial charge in [0.05, 0.1) is 11.0 Å². The second-order valence-corrected chi connectivity index (χ2v) is 6.69. The van der Waals surface area contributed by atoms with Gasteiger partial charge in [0.1, 0.15) is 5.82 Å². The van der Waals surface area contributed by atoms with Crippen molar-refractivity contribution in [1.82, 2.24) is 9.55 Å². The van der Waals surface area contributed by atoms with Crippen LogP contribution >= 0.6 is 0 Å². The van der Waals surface area contributed by atoms with Crippen LogP contribution < -0.4 is 0 Å². The Hall–Kier alpha value is -2.61. The molecule has 126 valence electrons. The summed E-state index contributed by atoms with van der Waals surface area (Å²) in [4.78, 5) is 4.96. The SMILES string of the molecule is CCCCCn1c(Cc2cccc3ccccc23)nc2ccccc21. The molecule has 1 heterocycles. The molecule has 0 radical (unpaired) electrons. The number of hydrogen-bond donors (Lipinski definition) is 0. The summed E-state index contributed by atoms with van der Waals surface area (Å²) < 4.78 is 2.42. The van der Waals surface area contributed by atoms with Crippen molar-refractivity contribution in [1.29, 1.82) is 0 Å². The van der Waals surface area contributed by atoms with Crippen molar-refractivity contribution in [3.8, 4) is 0 Å². The number of nitrogens with zero attached hydrogens (tertiary/aromatic N) is 2. The second kappa shape index (κ2) is 7.10. The largest absolute Gasteiger partial charge is 0.328 e. The number of para-hydroxylation sites is 2. The third-order valence-corrected chi connectivity index (χ3v) is 4.95. The molecular formula is C23H24N2. The number of rotatable bonds is 6. The van der Waals surface area contributed by atoms with Gasteiger partial charge in [-0.05, 0) is 34.9 Å². The first-order valence-corrected chi connectivity index (χ1v) is 9.27. The highest BCUT2D eigenvalue weighted by molar-refractivity contribution is 5.86. The Morgan fingerprint density at radius 2 is 1.64 bits per heavy atom. The summed E-state index contributed by atoms with van der Waals surface area (Å²) in [6.07, 6.45) is 4.59. The van der Waals surface area contributed by atoms with Crippen molar-refractivity contribution >= 4 is 21.8 Å². The maximum Gasteiger partial charge on any atom is 0.114 e. The number of benzene rings is 3. The maximum atomic E-state index is 4.96. The molecular weight excluding hydrogens is 304 g/mol. The van der Waals surface area contributed by atoms with E-state index in [4.69, 9.17) is 4.98 Å². The van der Waals surface area contributed by atoms with E-state index in [1.807, 2.05) is 0 Å². The lowest BCUT2D eigenvalue weighted by molar-refractivity contribution is 0.596. The lowest BCUT2D eigenvalue weighted by Crippen LogP contribution is -2.05. The lowest BCUT2D eigenvalue weighted by Gasteiger charge is -2.11. The van der Waals surface area contributed by atoms with Crippen LogP contribution in [0.2, 0.25) is 0 Å². The Labute approximate surface area is 149 Å². The van der Waals surface area contributed by atoms with Crippen LogP contribution in [0.1, 0.15) is 37.6 Å². The molecule has 0 bridgehead atoms. The van der Waals surface area contributed by atoms with E-state index in [9.17, 15) is 0 Å². The molecule has 4 aromatic rings. The van der Waals surface area contributed by atoms with Gasteiger partial charge in [-0.15, -0.1) is 0 Å². The first kappa shape index (κ1) is 15.9. The first-order valence-electron chi connectivity index (χ1n) is 9.27. The molecule has 0 saturated carbocycles. The highest BCUT2D eigenvalue weighted by Gasteiger charge is 2.12. The molecule has 0 amide bonds. The fourth-order valence-electron chi connectivity index (χ4n) is 3.65. The number of imidazole rings is 1. The van der Waals surface area contributed by atoms with E-state index in [0.29, 0.717) is 0 Å². The van der Waals surface area contributed by atoms with Crippen molar-refractivity contribution in [2.75, 3.05) is 0 Å². The van der Waals surface area contributed by atoms with Gasteiger partial charge in [-0.25, -0.2) is 4.98 Å². The van der Waals surface area contributed by atoms with Crippen molar-refractivity contribution in [3.05, 3.63) is 78.1 Å². The van der Waals surface area contributed by atoms with Gasteiger partial charge in [-0.1, -0.05) is 74.4 Å². The molecule has 0 saturated heterocycles. The number of aromatic nitrogens is 2. The molecule has 4 rings (SSSR count). The van der Waals surface area contributed by atoms with Crippen molar-refractivity contribution in [3.63, 3.8) is 0 Å². The van der Waals surface area contributed by atoms with Gasteiger partial charge in [0, 0.05) is 13.0 Å². The molecule has 3 aromatic carbocycles. The topological polar surface area (TPSA) is 17.8 Å². The standard InChI is InChI=1S/C23H24N2/c1-2-3-8-16-25-22-15-7-6-14-21(22)24-23(25)17-19-12-9-11-18-10-4-5-13-20(18)19/h4-7,9-15H,2-3,8,16-17H2,1H3. The molecule has 2 nitrogen and oxygen atoms in total. The predicted octanol–water partition coefficient (Wildman–Crippen LogP) is 5.97. The summed E-state index contributed by atoms with van der Waals surface area (Å²) in [5, 5.41) is 2.63. The van der Waals surface area contributed by atoms with E-state index >= 15 is 0 Å². The molecule has 1 aromatic heterocycles. The van der Waals surface area contributed by atoms with Crippen LogP contribution in [0.3, 0.4) is 0 Å². The van der Waals surface area contributed by atoms with Crippen LogP contribution in [-0.4, -0.2) is 9.55 Å². The highest BCUT2D eigenvalue weighted by atomic mass is 15.1. The monoisotopic (exact) mass is 328 g/mol. The Bertz CT molecular complexity index is 992. The minimum Gasteiger partial charge on any atom is -0.328 e. The summed E-state index contributed by atoms with van der Waals surface area (Å²) in [7, 11) is 0. The van der Waals surface area contributed by atoms with Gasteiger partial charge in [0.15, 0.2) is 0 Å². The summed E-state index contributed by atoms with van der Waals surface area (Å²) in [6.45, 7) is 3.30. The smallest absolute Gasteiger partial charge is 0.114 e. The molecule has 0 spiro atoms. The normalized spacial score (nSPS) is 11.4. The predicted molar refractivity (Wildman–Crippen MR) is 106 cm³/mol. The maximum absolute atomic E-state index is 4.96. The molecule has 25 heavy (non-hydrogen) atoms. The lowest BCUT2D eigenvalue weighted by atomic mass is 10.0. The molecule has 0 fully saturated rings. The van der Waals surface area contributed by atoms with Crippen LogP contribution in [0.25, 0.3) is 21.8 Å². The van der Waals surface area contributed by atoms with Crippen LogP contribution in [0.4, 0.5) is 0 Å². The Morgan fingerprint density at radius 3 is 2.56 bits per heavy atom. The first-order chi connectivity index (χ1) is 12.4. The van der Waals surface area contributed by atoms with E-state index in [0.717, 1.165) is 18.5 Å². The average molecular weight is 328 g/mol. The number of aryl methyl sites for hydroxylation is 1. The van der Waals surface area contributed by atoms with E-state index in [2.05, 4.69) is 78.2 Å². The zero-order valence-electron chi connectivity index (χ0n) is 14.8. The zero-order chi connectivity index (χ0) is 17.1. The summed E-state index contributed by atoms with van der Waals surface area (Å²) in [5.41, 5.74) is 3.72. The minimum absolute atomic E-state index is 0.877. The van der Waals surface area contributed by atoms with Crippen molar-refractivity contribution < 1.29 is 0 Å². The third kappa shape index (κ3) is 3.17. The van der Waals surface area contributed by atoms with Crippen LogP contribution in [0, 0.1) is 0 Å². The number of hydrogen-bond acceptors (Lipinski definition) is 1. The summed E-state index contributed by atoms with van der Waals surface area (Å²) in [6, 6.07) is 23.7. The second-order valence-electron chi connectivity index (χ2n) is 6.69. The number of unbranched alkanes of at least 4 members (excludes halogenated alkanes) is 2. The van der Waals surface area contributed by atoms with Crippen molar-refractivity contribution in [2.45, 2.75) is 39.2 Å². The minimum atomic E-state index is 0.877. The molecule has 0 aliphatic heterocycles. The quantitative estimate of drug-likeness (QED) is 0.399. The van der Waals surface area contributed by atoms with E-state index in [-0.39, 0.29) is 0 Å². The van der Waals surface area contributed by atoms with Crippen LogP contribution in [-0.2, 0) is 13.0 Å². The van der Waals surface area contributed by atoms with E-state index in [1.165, 1.54) is 46.9 Å². The molecule has 0 aliphatic rings. The Kier molecular flexibility index (Phi) is 4.51. The fraction of sp³-hybridized carbons (Fsp3) is 0.261. The number of fused-ring (bicyclic) bond motifs is 2. The van der Waals surface area contributed by atoms with E-state index < -0.39 is 0 Å². The zero-order valence-corrected chi connectivity index (χ0v) is 14.8. The van der Waals surface area contributed by atoms with Crippen molar-refractivity contribution in [2.24, 2.45) is 0 Å². The van der Waals surface area contributed by atoms with Gasteiger partial charge in [-0.2, -0.15) is 0 Å². The van der Waals surface area contributed by atoms with Gasteiger partial charge in [0.25, 0.3) is 0 Å². The fourth-order valence-corrected chi connectivity index (χ4v) is 3.65. The van der Waals surface area contributed by atoms with Gasteiger partial charge >= 0.3 is 0 Å². The third-order valence-electron chi connectivity index (χ3n) is 4.95. The van der Waals surface area contributed by atoms with Gasteiger partial charge < -0.3 is 4.57 Å². The molecule has 0 atom stereocenters. The van der Waals surface area contributed by atoms with Crippen LogP contribution in [0.5, 0.6) is 0 Å².